The van der Waals surface area contributed by atoms with Gasteiger partial charge in [0.1, 0.15) is 11.8 Å². The molecule has 4 N–H and O–H groups in total. The highest BCUT2D eigenvalue weighted by Gasteiger charge is 2.43. The van der Waals surface area contributed by atoms with Gasteiger partial charge in [-0.1, -0.05) is 64.7 Å². The third-order valence-corrected chi connectivity index (χ3v) is 7.21. The zero-order valence-electron chi connectivity index (χ0n) is 22.0. The van der Waals surface area contributed by atoms with Crippen molar-refractivity contribution >= 4 is 23.7 Å². The number of nitrogens with zero attached hydrogens (tertiary/aromatic N) is 1. The van der Waals surface area contributed by atoms with E-state index in [9.17, 15) is 19.2 Å². The van der Waals surface area contributed by atoms with Crippen molar-refractivity contribution in [3.05, 3.63) is 30.3 Å². The number of rotatable bonds is 9. The lowest BCUT2D eigenvalue weighted by molar-refractivity contribution is -0.138. The predicted molar refractivity (Wildman–Crippen MR) is 137 cm³/mol. The van der Waals surface area contributed by atoms with Crippen LogP contribution in [0.15, 0.2) is 30.3 Å². The van der Waals surface area contributed by atoms with Crippen molar-refractivity contribution in [1.82, 2.24) is 21.0 Å². The zero-order valence-corrected chi connectivity index (χ0v) is 22.0. The lowest BCUT2D eigenvalue weighted by Crippen LogP contribution is -2.63. The number of piperazine rings is 1. The van der Waals surface area contributed by atoms with Crippen LogP contribution in [0.3, 0.4) is 0 Å². The van der Waals surface area contributed by atoms with Gasteiger partial charge in [-0.15, -0.1) is 0 Å². The highest BCUT2D eigenvalue weighted by atomic mass is 16.6. The van der Waals surface area contributed by atoms with Gasteiger partial charge in [0.05, 0.1) is 6.04 Å². The minimum absolute atomic E-state index is 0.162. The number of hydrogen-bond acceptors (Lipinski definition) is 7. The minimum atomic E-state index is -0.903. The molecule has 1 unspecified atom stereocenters. The number of amides is 3. The maximum Gasteiger partial charge on any atom is 0.415 e. The molecule has 37 heavy (non-hydrogen) atoms. The smallest absolute Gasteiger partial charge is 0.410 e. The van der Waals surface area contributed by atoms with Crippen LogP contribution in [0.5, 0.6) is 5.75 Å². The standard InChI is InChI=1S/C27H40N4O6/c1-27(2,3)24(29-25(34)19(16-22(32)30-36)15-18-9-7-8-10-18)23(33)21-17-28-13-14-31(21)26(35)37-20-11-5-4-6-12-20/h4-6,11-12,18-19,21,24,28,36H,7-10,13-17H2,1-3H3,(H,29,34)(H,30,32)/t19-,21?,24-/m1/s1. The van der Waals surface area contributed by atoms with Gasteiger partial charge in [-0.3, -0.25) is 24.5 Å². The van der Waals surface area contributed by atoms with Crippen molar-refractivity contribution in [3.8, 4) is 5.75 Å². The predicted octanol–water partition coefficient (Wildman–Crippen LogP) is 2.65. The molecule has 1 aliphatic heterocycles. The van der Waals surface area contributed by atoms with Gasteiger partial charge in [0.25, 0.3) is 0 Å². The maximum absolute atomic E-state index is 13.9. The molecule has 1 aromatic carbocycles. The van der Waals surface area contributed by atoms with E-state index in [1.807, 2.05) is 26.8 Å². The number of carbonyl (C=O) groups is 4. The van der Waals surface area contributed by atoms with E-state index in [4.69, 9.17) is 9.94 Å². The van der Waals surface area contributed by atoms with Gasteiger partial charge >= 0.3 is 6.09 Å². The molecule has 1 heterocycles. The van der Waals surface area contributed by atoms with Crippen LogP contribution in [0.2, 0.25) is 0 Å². The molecule has 3 amide bonds. The Balaban J connectivity index is 1.77. The Labute approximate surface area is 218 Å². The van der Waals surface area contributed by atoms with E-state index < -0.39 is 41.3 Å². The average molecular weight is 517 g/mol. The van der Waals surface area contributed by atoms with Crippen LogP contribution in [0, 0.1) is 17.3 Å². The van der Waals surface area contributed by atoms with Crippen molar-refractivity contribution < 1.29 is 29.1 Å². The topological polar surface area (TPSA) is 137 Å². The Hall–Kier alpha value is -2.98. The quantitative estimate of drug-likeness (QED) is 0.292. The molecule has 10 heteroatoms. The molecule has 0 spiro atoms. The van der Waals surface area contributed by atoms with Crippen LogP contribution in [0.25, 0.3) is 0 Å². The number of Topliss-reactive ketones (excluding diaryl/α,β-unsaturated/α-hetero) is 1. The summed E-state index contributed by atoms with van der Waals surface area (Å²) in [6.07, 6.45) is 3.92. The Morgan fingerprint density at radius 1 is 1.14 bits per heavy atom. The Morgan fingerprint density at radius 3 is 2.43 bits per heavy atom. The summed E-state index contributed by atoms with van der Waals surface area (Å²) in [5.41, 5.74) is 0.963. The first kappa shape index (κ1) is 28.6. The van der Waals surface area contributed by atoms with E-state index in [1.54, 1.807) is 29.7 Å². The van der Waals surface area contributed by atoms with Crippen molar-refractivity contribution in [2.45, 2.75) is 71.4 Å². The van der Waals surface area contributed by atoms with E-state index in [0.717, 1.165) is 25.7 Å². The summed E-state index contributed by atoms with van der Waals surface area (Å²) in [6.45, 7) is 6.60. The monoisotopic (exact) mass is 516 g/mol. The molecular formula is C27H40N4O6. The molecule has 0 radical (unpaired) electrons. The number of nitrogens with one attached hydrogen (secondary N) is 3. The summed E-state index contributed by atoms with van der Waals surface area (Å²) in [5.74, 6) is -1.29. The van der Waals surface area contributed by atoms with Crippen LogP contribution in [-0.4, -0.2) is 65.5 Å². The molecule has 1 saturated heterocycles. The number of hydroxylamine groups is 1. The molecule has 1 aromatic rings. The van der Waals surface area contributed by atoms with Gasteiger partial charge < -0.3 is 15.4 Å². The van der Waals surface area contributed by atoms with E-state index in [0.29, 0.717) is 24.6 Å². The summed E-state index contributed by atoms with van der Waals surface area (Å²) < 4.78 is 5.50. The normalized spacial score (nSPS) is 20.1. The molecule has 10 nitrogen and oxygen atoms in total. The number of hydrogen-bond donors (Lipinski definition) is 4. The van der Waals surface area contributed by atoms with E-state index in [-0.39, 0.29) is 25.3 Å². The second-order valence-corrected chi connectivity index (χ2v) is 11.1. The molecular weight excluding hydrogens is 476 g/mol. The number of ether oxygens (including phenoxy) is 1. The van der Waals surface area contributed by atoms with Gasteiger partial charge in [-0.05, 0) is 29.9 Å². The second-order valence-electron chi connectivity index (χ2n) is 11.1. The lowest BCUT2D eigenvalue weighted by Gasteiger charge is -2.39. The third-order valence-electron chi connectivity index (χ3n) is 7.21. The highest BCUT2D eigenvalue weighted by Crippen LogP contribution is 2.32. The second kappa shape index (κ2) is 13.0. The first-order valence-corrected chi connectivity index (χ1v) is 13.1. The number of carbonyl (C=O) groups excluding carboxylic acids is 4. The Kier molecular flexibility index (Phi) is 10.0. The number of ketones is 1. The van der Waals surface area contributed by atoms with Crippen molar-refractivity contribution in [1.29, 1.82) is 0 Å². The number of para-hydroxylation sites is 1. The summed E-state index contributed by atoms with van der Waals surface area (Å²) in [7, 11) is 0. The molecule has 3 rings (SSSR count). The average Bonchev–Trinajstić information content (AvgIpc) is 3.39. The molecule has 204 valence electrons. The molecule has 0 aromatic heterocycles. The van der Waals surface area contributed by atoms with E-state index in [2.05, 4.69) is 10.6 Å². The Bertz CT molecular complexity index is 942. The van der Waals surface area contributed by atoms with Crippen LogP contribution in [0.4, 0.5) is 4.79 Å². The van der Waals surface area contributed by atoms with Gasteiger partial charge in [-0.25, -0.2) is 10.3 Å². The van der Waals surface area contributed by atoms with Gasteiger partial charge in [0.15, 0.2) is 5.78 Å². The van der Waals surface area contributed by atoms with Crippen LogP contribution in [0.1, 0.15) is 59.3 Å². The van der Waals surface area contributed by atoms with Crippen molar-refractivity contribution in [2.24, 2.45) is 17.3 Å². The lowest BCUT2D eigenvalue weighted by atomic mass is 9.80. The fraction of sp³-hybridized carbons (Fsp3) is 0.630. The molecule has 3 atom stereocenters. The van der Waals surface area contributed by atoms with Crippen molar-refractivity contribution in [2.75, 3.05) is 19.6 Å². The summed E-state index contributed by atoms with van der Waals surface area (Å²) in [5, 5.41) is 15.1. The largest absolute Gasteiger partial charge is 0.415 e. The summed E-state index contributed by atoms with van der Waals surface area (Å²) in [4.78, 5) is 53.7. The van der Waals surface area contributed by atoms with Gasteiger partial charge in [0.2, 0.25) is 11.8 Å². The SMILES string of the molecule is CC(C)(C)[C@H](NC(=O)[C@@H](CC(=O)NO)CC1CCCC1)C(=O)C1CNCCN1C(=O)Oc1ccccc1. The molecule has 2 fully saturated rings. The third kappa shape index (κ3) is 8.00. The molecule has 1 aliphatic carbocycles. The first-order valence-electron chi connectivity index (χ1n) is 13.1. The minimum Gasteiger partial charge on any atom is -0.410 e. The van der Waals surface area contributed by atoms with Crippen molar-refractivity contribution in [3.63, 3.8) is 0 Å². The Morgan fingerprint density at radius 2 is 1.81 bits per heavy atom. The first-order chi connectivity index (χ1) is 17.6. The zero-order chi connectivity index (χ0) is 27.0. The van der Waals surface area contributed by atoms with Crippen LogP contribution < -0.4 is 20.9 Å². The molecule has 2 aliphatic rings. The number of benzene rings is 1. The highest BCUT2D eigenvalue weighted by molar-refractivity contribution is 5.96. The van der Waals surface area contributed by atoms with Gasteiger partial charge in [0, 0.05) is 32.0 Å². The van der Waals surface area contributed by atoms with Crippen LogP contribution in [-0.2, 0) is 14.4 Å². The van der Waals surface area contributed by atoms with Crippen LogP contribution >= 0.6 is 0 Å². The molecule has 0 bridgehead atoms. The van der Waals surface area contributed by atoms with Gasteiger partial charge in [-0.2, -0.15) is 0 Å². The fourth-order valence-electron chi connectivity index (χ4n) is 5.19. The summed E-state index contributed by atoms with van der Waals surface area (Å²) >= 11 is 0. The fourth-order valence-corrected chi connectivity index (χ4v) is 5.19. The summed E-state index contributed by atoms with van der Waals surface area (Å²) in [6, 6.07) is 6.93. The molecule has 1 saturated carbocycles. The maximum atomic E-state index is 13.9. The van der Waals surface area contributed by atoms with E-state index in [1.165, 1.54) is 4.90 Å². The van der Waals surface area contributed by atoms with E-state index >= 15 is 0 Å².